The molecular formula is C13H18. The third-order valence-electron chi connectivity index (χ3n) is 2.56. The summed E-state index contributed by atoms with van der Waals surface area (Å²) in [5, 5.41) is 0. The first-order chi connectivity index (χ1) is 6.34. The average molecular weight is 174 g/mol. The van der Waals surface area contributed by atoms with Crippen molar-refractivity contribution < 1.29 is 0 Å². The first-order valence-corrected chi connectivity index (χ1v) is 5.08. The van der Waals surface area contributed by atoms with E-state index in [4.69, 9.17) is 6.42 Å². The summed E-state index contributed by atoms with van der Waals surface area (Å²) < 4.78 is 0. The van der Waals surface area contributed by atoms with Gasteiger partial charge in [-0.1, -0.05) is 31.2 Å². The van der Waals surface area contributed by atoms with Crippen LogP contribution in [0.3, 0.4) is 0 Å². The zero-order valence-electron chi connectivity index (χ0n) is 8.37. The molecule has 0 aliphatic heterocycles. The van der Waals surface area contributed by atoms with Crippen LogP contribution in [0.2, 0.25) is 0 Å². The minimum atomic E-state index is 0.757. The Balaban J connectivity index is 1.96. The van der Waals surface area contributed by atoms with Gasteiger partial charge < -0.3 is 0 Å². The quantitative estimate of drug-likeness (QED) is 0.441. The average Bonchev–Trinajstić information content (AvgIpc) is 2.81. The van der Waals surface area contributed by atoms with Crippen molar-refractivity contribution in [2.75, 3.05) is 0 Å². The number of rotatable bonds is 5. The van der Waals surface area contributed by atoms with Crippen LogP contribution in [0.25, 0.3) is 0 Å². The molecular weight excluding hydrogens is 156 g/mol. The highest BCUT2D eigenvalue weighted by molar-refractivity contribution is 5.00. The van der Waals surface area contributed by atoms with Crippen molar-refractivity contribution in [1.82, 2.24) is 0 Å². The van der Waals surface area contributed by atoms with Gasteiger partial charge in [-0.15, -0.1) is 12.3 Å². The van der Waals surface area contributed by atoms with Crippen LogP contribution in [0.4, 0.5) is 0 Å². The number of terminal acetylenes is 1. The lowest BCUT2D eigenvalue weighted by molar-refractivity contribution is 0.764. The van der Waals surface area contributed by atoms with Gasteiger partial charge in [0.1, 0.15) is 0 Å². The van der Waals surface area contributed by atoms with E-state index in [0.717, 1.165) is 24.7 Å². The third kappa shape index (κ3) is 4.58. The summed E-state index contributed by atoms with van der Waals surface area (Å²) in [6, 6.07) is 0. The van der Waals surface area contributed by atoms with Crippen molar-refractivity contribution >= 4 is 0 Å². The number of hydrogen-bond acceptors (Lipinski definition) is 0. The molecule has 1 aliphatic carbocycles. The van der Waals surface area contributed by atoms with Gasteiger partial charge in [0.15, 0.2) is 0 Å². The normalized spacial score (nSPS) is 26.8. The molecule has 0 aromatic carbocycles. The van der Waals surface area contributed by atoms with Crippen LogP contribution in [0, 0.1) is 24.2 Å². The van der Waals surface area contributed by atoms with Crippen molar-refractivity contribution in [3.8, 4) is 12.3 Å². The van der Waals surface area contributed by atoms with E-state index < -0.39 is 0 Å². The molecule has 0 heteroatoms. The Morgan fingerprint density at radius 3 is 2.62 bits per heavy atom. The minimum Gasteiger partial charge on any atom is -0.120 e. The molecule has 0 bridgehead atoms. The Labute approximate surface area is 81.7 Å². The lowest BCUT2D eigenvalue weighted by Crippen LogP contribution is -1.73. The van der Waals surface area contributed by atoms with Crippen LogP contribution in [-0.4, -0.2) is 0 Å². The van der Waals surface area contributed by atoms with Gasteiger partial charge in [0.25, 0.3) is 0 Å². The summed E-state index contributed by atoms with van der Waals surface area (Å²) in [6.45, 7) is 2.32. The minimum absolute atomic E-state index is 0.757. The molecule has 0 aromatic rings. The Morgan fingerprint density at radius 1 is 1.31 bits per heavy atom. The maximum Gasteiger partial charge on any atom is 0.0267 e. The molecule has 1 rings (SSSR count). The fourth-order valence-electron chi connectivity index (χ4n) is 1.42. The highest BCUT2D eigenvalue weighted by Crippen LogP contribution is 2.40. The van der Waals surface area contributed by atoms with Gasteiger partial charge in [-0.25, -0.2) is 0 Å². The molecule has 0 radical (unpaired) electrons. The van der Waals surface area contributed by atoms with Gasteiger partial charge in [-0.3, -0.25) is 0 Å². The van der Waals surface area contributed by atoms with Crippen molar-refractivity contribution in [3.63, 3.8) is 0 Å². The lowest BCUT2D eigenvalue weighted by atomic mass is 10.2. The van der Waals surface area contributed by atoms with Crippen molar-refractivity contribution in [1.29, 1.82) is 0 Å². The smallest absolute Gasteiger partial charge is 0.0267 e. The summed E-state index contributed by atoms with van der Waals surface area (Å²) in [4.78, 5) is 0. The largest absolute Gasteiger partial charge is 0.120 e. The summed E-state index contributed by atoms with van der Waals surface area (Å²) in [5.74, 6) is 4.53. The second-order valence-electron chi connectivity index (χ2n) is 3.80. The fourth-order valence-corrected chi connectivity index (χ4v) is 1.42. The summed E-state index contributed by atoms with van der Waals surface area (Å²) >= 11 is 0. The van der Waals surface area contributed by atoms with Gasteiger partial charge in [0.2, 0.25) is 0 Å². The molecule has 70 valence electrons. The van der Waals surface area contributed by atoms with Gasteiger partial charge in [0, 0.05) is 6.42 Å². The van der Waals surface area contributed by atoms with E-state index in [-0.39, 0.29) is 0 Å². The first kappa shape index (κ1) is 10.1. The van der Waals surface area contributed by atoms with Crippen LogP contribution in [-0.2, 0) is 0 Å². The maximum absolute atomic E-state index is 5.11. The fraction of sp³-hybridized carbons (Fsp3) is 0.538. The molecule has 1 fully saturated rings. The third-order valence-corrected chi connectivity index (χ3v) is 2.56. The molecule has 2 atom stereocenters. The van der Waals surface area contributed by atoms with E-state index >= 15 is 0 Å². The van der Waals surface area contributed by atoms with Crippen LogP contribution < -0.4 is 0 Å². The SMILES string of the molecule is C#CCC=CCC=CCC1CC1C. The highest BCUT2D eigenvalue weighted by Gasteiger charge is 2.30. The molecule has 2 unspecified atom stereocenters. The van der Waals surface area contributed by atoms with Crippen LogP contribution in [0.5, 0.6) is 0 Å². The second-order valence-corrected chi connectivity index (χ2v) is 3.80. The Morgan fingerprint density at radius 2 is 2.00 bits per heavy atom. The summed E-state index contributed by atoms with van der Waals surface area (Å²) in [5.41, 5.74) is 0. The summed E-state index contributed by atoms with van der Waals surface area (Å²) in [6.07, 6.45) is 18.3. The Bertz CT molecular complexity index is 227. The monoisotopic (exact) mass is 174 g/mol. The lowest BCUT2D eigenvalue weighted by Gasteiger charge is -1.87. The van der Waals surface area contributed by atoms with Gasteiger partial charge in [-0.2, -0.15) is 0 Å². The second kappa shape index (κ2) is 5.65. The first-order valence-electron chi connectivity index (χ1n) is 5.08. The van der Waals surface area contributed by atoms with Crippen LogP contribution in [0.1, 0.15) is 32.6 Å². The van der Waals surface area contributed by atoms with Crippen LogP contribution in [0.15, 0.2) is 24.3 Å². The maximum atomic E-state index is 5.11. The van der Waals surface area contributed by atoms with E-state index in [1.54, 1.807) is 0 Å². The molecule has 13 heavy (non-hydrogen) atoms. The van der Waals surface area contributed by atoms with E-state index in [0.29, 0.717) is 0 Å². The molecule has 0 saturated heterocycles. The standard InChI is InChI=1S/C13H18/c1-3-4-5-6-7-8-9-10-13-11-12(13)2/h1,5-6,8-9,12-13H,4,7,10-11H2,2H3. The van der Waals surface area contributed by atoms with Crippen LogP contribution >= 0.6 is 0 Å². The van der Waals surface area contributed by atoms with Crippen molar-refractivity contribution in [2.24, 2.45) is 11.8 Å². The zero-order chi connectivity index (χ0) is 9.52. The molecule has 1 aliphatic rings. The molecule has 0 heterocycles. The van der Waals surface area contributed by atoms with Gasteiger partial charge in [-0.05, 0) is 31.1 Å². The number of hydrogen-bond donors (Lipinski definition) is 0. The summed E-state index contributed by atoms with van der Waals surface area (Å²) in [7, 11) is 0. The van der Waals surface area contributed by atoms with Gasteiger partial charge in [0.05, 0.1) is 0 Å². The molecule has 0 nitrogen and oxygen atoms in total. The Kier molecular flexibility index (Phi) is 4.40. The topological polar surface area (TPSA) is 0 Å². The van der Waals surface area contributed by atoms with Crippen molar-refractivity contribution in [2.45, 2.75) is 32.6 Å². The molecule has 0 aromatic heterocycles. The van der Waals surface area contributed by atoms with E-state index in [9.17, 15) is 0 Å². The Hall–Kier alpha value is -0.960. The van der Waals surface area contributed by atoms with Crippen molar-refractivity contribution in [3.05, 3.63) is 24.3 Å². The van der Waals surface area contributed by atoms with E-state index in [1.807, 2.05) is 6.08 Å². The molecule has 0 spiro atoms. The number of allylic oxidation sites excluding steroid dienone is 4. The van der Waals surface area contributed by atoms with Gasteiger partial charge >= 0.3 is 0 Å². The predicted molar refractivity (Wildman–Crippen MR) is 58.2 cm³/mol. The zero-order valence-corrected chi connectivity index (χ0v) is 8.37. The molecule has 0 amide bonds. The van der Waals surface area contributed by atoms with E-state index in [2.05, 4.69) is 31.1 Å². The molecule has 1 saturated carbocycles. The van der Waals surface area contributed by atoms with E-state index in [1.165, 1.54) is 12.8 Å². The highest BCUT2D eigenvalue weighted by atomic mass is 14.4. The molecule has 0 N–H and O–H groups in total. The predicted octanol–water partition coefficient (Wildman–Crippen LogP) is 3.56.